The zero-order valence-corrected chi connectivity index (χ0v) is 11.1. The minimum Gasteiger partial charge on any atom is -0.314 e. The minimum absolute atomic E-state index is 0.0377. The first-order valence-corrected chi connectivity index (χ1v) is 6.63. The Morgan fingerprint density at radius 3 is 2.79 bits per heavy atom. The number of aromatic nitrogens is 2. The summed E-state index contributed by atoms with van der Waals surface area (Å²) in [6.07, 6.45) is 0. The van der Waals surface area contributed by atoms with Crippen molar-refractivity contribution < 1.29 is 0 Å². The predicted octanol–water partition coefficient (Wildman–Crippen LogP) is 0.339. The summed E-state index contributed by atoms with van der Waals surface area (Å²) in [5.74, 6) is 0.839. The largest absolute Gasteiger partial charge is 0.314 e. The molecule has 1 saturated heterocycles. The fraction of sp³-hybridized carbons (Fsp3) is 0.429. The Hall–Kier alpha value is -1.72. The molecule has 2 aromatic rings. The van der Waals surface area contributed by atoms with Crippen LogP contribution in [0.15, 0.2) is 29.1 Å². The zero-order chi connectivity index (χ0) is 13.2. The van der Waals surface area contributed by atoms with Crippen LogP contribution in [0.25, 0.3) is 10.9 Å². The first-order valence-electron chi connectivity index (χ1n) is 6.63. The summed E-state index contributed by atoms with van der Waals surface area (Å²) in [7, 11) is 1.80. The van der Waals surface area contributed by atoms with E-state index in [0.29, 0.717) is 5.39 Å². The van der Waals surface area contributed by atoms with Crippen molar-refractivity contribution in [2.24, 2.45) is 7.05 Å². The molecule has 1 fully saturated rings. The van der Waals surface area contributed by atoms with E-state index in [4.69, 9.17) is 0 Å². The Kier molecular flexibility index (Phi) is 3.31. The molecule has 0 aliphatic carbocycles. The minimum atomic E-state index is 0.0377. The van der Waals surface area contributed by atoms with E-state index < -0.39 is 0 Å². The van der Waals surface area contributed by atoms with Crippen molar-refractivity contribution in [1.29, 1.82) is 0 Å². The van der Waals surface area contributed by atoms with Gasteiger partial charge in [0.05, 0.1) is 17.4 Å². The summed E-state index contributed by atoms with van der Waals surface area (Å²) in [6.45, 7) is 4.74. The van der Waals surface area contributed by atoms with Gasteiger partial charge in [-0.25, -0.2) is 4.98 Å². The quantitative estimate of drug-likeness (QED) is 0.844. The molecule has 3 rings (SSSR count). The molecule has 5 nitrogen and oxygen atoms in total. The van der Waals surface area contributed by atoms with E-state index in [2.05, 4.69) is 15.2 Å². The Morgan fingerprint density at radius 1 is 1.26 bits per heavy atom. The first kappa shape index (κ1) is 12.3. The number of nitrogens with one attached hydrogen (secondary N) is 1. The van der Waals surface area contributed by atoms with Gasteiger partial charge in [-0.2, -0.15) is 0 Å². The van der Waals surface area contributed by atoms with E-state index in [1.54, 1.807) is 11.6 Å². The van der Waals surface area contributed by atoms with Crippen molar-refractivity contribution in [2.75, 3.05) is 26.2 Å². The molecular weight excluding hydrogens is 240 g/mol. The van der Waals surface area contributed by atoms with E-state index in [0.717, 1.165) is 44.1 Å². The number of benzene rings is 1. The summed E-state index contributed by atoms with van der Waals surface area (Å²) in [5, 5.41) is 4.01. The standard InChI is InChI=1S/C14H18N4O/c1-17-13(10-18-8-6-15-7-9-18)16-12-5-3-2-4-11(12)14(17)19/h2-5,15H,6-10H2,1H3. The molecule has 1 aliphatic rings. The van der Waals surface area contributed by atoms with E-state index in [1.807, 2.05) is 24.3 Å². The highest BCUT2D eigenvalue weighted by Gasteiger charge is 2.14. The van der Waals surface area contributed by atoms with Crippen LogP contribution in [0.4, 0.5) is 0 Å². The normalized spacial score (nSPS) is 16.9. The van der Waals surface area contributed by atoms with Gasteiger partial charge in [0.15, 0.2) is 0 Å². The molecule has 0 spiro atoms. The van der Waals surface area contributed by atoms with Gasteiger partial charge in [-0.3, -0.25) is 14.3 Å². The molecular formula is C14H18N4O. The first-order chi connectivity index (χ1) is 9.25. The van der Waals surface area contributed by atoms with Gasteiger partial charge in [0.2, 0.25) is 0 Å². The Morgan fingerprint density at radius 2 is 2.00 bits per heavy atom. The summed E-state index contributed by atoms with van der Waals surface area (Å²) in [4.78, 5) is 19.2. The van der Waals surface area contributed by atoms with Crippen LogP contribution in [0.1, 0.15) is 5.82 Å². The van der Waals surface area contributed by atoms with Gasteiger partial charge in [0.25, 0.3) is 5.56 Å². The number of hydrogen-bond acceptors (Lipinski definition) is 4. The van der Waals surface area contributed by atoms with Gasteiger partial charge < -0.3 is 5.32 Å². The predicted molar refractivity (Wildman–Crippen MR) is 75.1 cm³/mol. The van der Waals surface area contributed by atoms with Crippen LogP contribution in [0, 0.1) is 0 Å². The zero-order valence-electron chi connectivity index (χ0n) is 11.1. The number of nitrogens with zero attached hydrogens (tertiary/aromatic N) is 3. The number of fused-ring (bicyclic) bond motifs is 1. The van der Waals surface area contributed by atoms with Crippen molar-refractivity contribution in [3.8, 4) is 0 Å². The third-order valence-corrected chi connectivity index (χ3v) is 3.65. The fourth-order valence-electron chi connectivity index (χ4n) is 2.47. The molecule has 100 valence electrons. The molecule has 19 heavy (non-hydrogen) atoms. The van der Waals surface area contributed by atoms with Gasteiger partial charge in [0, 0.05) is 33.2 Å². The van der Waals surface area contributed by atoms with Gasteiger partial charge in [-0.05, 0) is 12.1 Å². The third kappa shape index (κ3) is 2.39. The molecule has 0 unspecified atom stereocenters. The van der Waals surface area contributed by atoms with Crippen molar-refractivity contribution in [3.63, 3.8) is 0 Å². The average molecular weight is 258 g/mol. The second kappa shape index (κ2) is 5.11. The van der Waals surface area contributed by atoms with Gasteiger partial charge in [-0.1, -0.05) is 12.1 Å². The molecule has 1 aliphatic heterocycles. The maximum absolute atomic E-state index is 12.3. The van der Waals surface area contributed by atoms with Crippen LogP contribution >= 0.6 is 0 Å². The highest BCUT2D eigenvalue weighted by Crippen LogP contribution is 2.09. The van der Waals surface area contributed by atoms with Crippen molar-refractivity contribution in [1.82, 2.24) is 19.8 Å². The van der Waals surface area contributed by atoms with Crippen LogP contribution in [0.5, 0.6) is 0 Å². The van der Waals surface area contributed by atoms with E-state index >= 15 is 0 Å². The van der Waals surface area contributed by atoms with Crippen molar-refractivity contribution in [2.45, 2.75) is 6.54 Å². The molecule has 5 heteroatoms. The van der Waals surface area contributed by atoms with Gasteiger partial charge >= 0.3 is 0 Å². The van der Waals surface area contributed by atoms with E-state index in [9.17, 15) is 4.79 Å². The highest BCUT2D eigenvalue weighted by atomic mass is 16.1. The Balaban J connectivity index is 1.99. The van der Waals surface area contributed by atoms with Gasteiger partial charge in [0.1, 0.15) is 5.82 Å². The lowest BCUT2D eigenvalue weighted by molar-refractivity contribution is 0.225. The second-order valence-electron chi connectivity index (χ2n) is 4.94. The lowest BCUT2D eigenvalue weighted by Gasteiger charge is -2.27. The van der Waals surface area contributed by atoms with Crippen LogP contribution < -0.4 is 10.9 Å². The van der Waals surface area contributed by atoms with Crippen LogP contribution in [0.3, 0.4) is 0 Å². The molecule has 0 saturated carbocycles. The lowest BCUT2D eigenvalue weighted by atomic mass is 10.2. The SMILES string of the molecule is Cn1c(CN2CCNCC2)nc2ccccc2c1=O. The molecule has 0 atom stereocenters. The molecule has 1 N–H and O–H groups in total. The van der Waals surface area contributed by atoms with Crippen molar-refractivity contribution >= 4 is 10.9 Å². The average Bonchev–Trinajstić information content (AvgIpc) is 2.46. The molecule has 0 radical (unpaired) electrons. The maximum atomic E-state index is 12.3. The highest BCUT2D eigenvalue weighted by molar-refractivity contribution is 5.77. The maximum Gasteiger partial charge on any atom is 0.261 e. The molecule has 2 heterocycles. The number of para-hydroxylation sites is 1. The number of hydrogen-bond donors (Lipinski definition) is 1. The number of piperazine rings is 1. The topological polar surface area (TPSA) is 50.2 Å². The third-order valence-electron chi connectivity index (χ3n) is 3.65. The summed E-state index contributed by atoms with van der Waals surface area (Å²) >= 11 is 0. The van der Waals surface area contributed by atoms with Crippen LogP contribution in [-0.4, -0.2) is 40.6 Å². The lowest BCUT2D eigenvalue weighted by Crippen LogP contribution is -2.43. The molecule has 1 aromatic carbocycles. The van der Waals surface area contributed by atoms with Gasteiger partial charge in [-0.15, -0.1) is 0 Å². The number of rotatable bonds is 2. The van der Waals surface area contributed by atoms with Crippen LogP contribution in [-0.2, 0) is 13.6 Å². The molecule has 0 amide bonds. The Labute approximate surface area is 111 Å². The summed E-state index contributed by atoms with van der Waals surface area (Å²) < 4.78 is 1.67. The Bertz CT molecular complexity index is 643. The molecule has 1 aromatic heterocycles. The van der Waals surface area contributed by atoms with Crippen LogP contribution in [0.2, 0.25) is 0 Å². The van der Waals surface area contributed by atoms with E-state index in [1.165, 1.54) is 0 Å². The van der Waals surface area contributed by atoms with E-state index in [-0.39, 0.29) is 5.56 Å². The smallest absolute Gasteiger partial charge is 0.261 e. The summed E-state index contributed by atoms with van der Waals surface area (Å²) in [5.41, 5.74) is 0.825. The monoisotopic (exact) mass is 258 g/mol. The van der Waals surface area contributed by atoms with Crippen molar-refractivity contribution in [3.05, 3.63) is 40.4 Å². The fourth-order valence-corrected chi connectivity index (χ4v) is 2.47. The molecule has 0 bridgehead atoms. The summed E-state index contributed by atoms with van der Waals surface area (Å²) in [6, 6.07) is 7.53. The second-order valence-corrected chi connectivity index (χ2v) is 4.94.